The molecular weight excluding hydrogens is 388 g/mol. The van der Waals surface area contributed by atoms with Crippen molar-refractivity contribution in [1.29, 1.82) is 0 Å². The maximum Gasteiger partial charge on any atom is 0.306 e. The minimum absolute atomic E-state index is 0.188. The number of nitrogens with zero attached hydrogens (tertiary/aromatic N) is 1. The molecule has 1 N–H and O–H groups in total. The fourth-order valence-electron chi connectivity index (χ4n) is 4.01. The number of ketones is 1. The number of aromatic amines is 1. The predicted octanol–water partition coefficient (Wildman–Crippen LogP) is 5.24. The fourth-order valence-corrected chi connectivity index (χ4v) is 4.01. The van der Waals surface area contributed by atoms with Crippen LogP contribution in [-0.2, 0) is 16.0 Å². The summed E-state index contributed by atoms with van der Waals surface area (Å²) >= 11 is 0. The summed E-state index contributed by atoms with van der Waals surface area (Å²) in [5.74, 6) is -0.558. The first-order valence-electron chi connectivity index (χ1n) is 10.4. The highest BCUT2D eigenvalue weighted by Gasteiger charge is 2.18. The molecule has 0 aliphatic heterocycles. The van der Waals surface area contributed by atoms with E-state index >= 15 is 0 Å². The van der Waals surface area contributed by atoms with Crippen LogP contribution < -0.4 is 0 Å². The molecule has 4 rings (SSSR count). The highest BCUT2D eigenvalue weighted by Crippen LogP contribution is 2.22. The van der Waals surface area contributed by atoms with Crippen molar-refractivity contribution in [3.8, 4) is 5.69 Å². The zero-order valence-corrected chi connectivity index (χ0v) is 18.1. The Labute approximate surface area is 181 Å². The summed E-state index contributed by atoms with van der Waals surface area (Å²) in [4.78, 5) is 28.2. The minimum Gasteiger partial charge on any atom is -0.457 e. The Bertz CT molecular complexity index is 1250. The Morgan fingerprint density at radius 2 is 1.74 bits per heavy atom. The van der Waals surface area contributed by atoms with Crippen LogP contribution in [-0.4, -0.2) is 27.9 Å². The summed E-state index contributed by atoms with van der Waals surface area (Å²) < 4.78 is 7.33. The number of carbonyl (C=O) groups is 2. The number of nitrogens with one attached hydrogen (secondary N) is 1. The lowest BCUT2D eigenvalue weighted by Crippen LogP contribution is -2.15. The summed E-state index contributed by atoms with van der Waals surface area (Å²) in [7, 11) is 0. The molecule has 0 amide bonds. The van der Waals surface area contributed by atoms with E-state index in [-0.39, 0.29) is 24.8 Å². The van der Waals surface area contributed by atoms with Gasteiger partial charge in [-0.2, -0.15) is 0 Å². The van der Waals surface area contributed by atoms with E-state index in [1.54, 1.807) is 0 Å². The van der Waals surface area contributed by atoms with Gasteiger partial charge in [-0.3, -0.25) is 9.59 Å². The molecule has 0 aliphatic carbocycles. The molecular formula is C26H26N2O3. The van der Waals surface area contributed by atoms with Crippen molar-refractivity contribution in [1.82, 2.24) is 9.55 Å². The van der Waals surface area contributed by atoms with Gasteiger partial charge in [0.05, 0.1) is 0 Å². The van der Waals surface area contributed by atoms with Crippen molar-refractivity contribution in [3.63, 3.8) is 0 Å². The van der Waals surface area contributed by atoms with Crippen LogP contribution in [0.4, 0.5) is 0 Å². The van der Waals surface area contributed by atoms with Gasteiger partial charge in [0, 0.05) is 46.2 Å². The second-order valence-electron chi connectivity index (χ2n) is 7.90. The fraction of sp³-hybridized carbons (Fsp3) is 0.231. The summed E-state index contributed by atoms with van der Waals surface area (Å²) in [5, 5.41) is 1.11. The topological polar surface area (TPSA) is 64.1 Å². The maximum atomic E-state index is 12.7. The molecule has 158 valence electrons. The second-order valence-corrected chi connectivity index (χ2v) is 7.90. The van der Waals surface area contributed by atoms with Gasteiger partial charge >= 0.3 is 5.97 Å². The average Bonchev–Trinajstić information content (AvgIpc) is 3.31. The molecule has 0 radical (unpaired) electrons. The smallest absolute Gasteiger partial charge is 0.306 e. The SMILES string of the molecule is Cc1ccc(-n2c(C)cc(C(=O)COC(=O)CCc3c[nH]c4ccccc34)c2C)cc1. The molecule has 2 heterocycles. The molecule has 0 bridgehead atoms. The van der Waals surface area contributed by atoms with Crippen LogP contribution in [0.15, 0.2) is 60.8 Å². The normalized spacial score (nSPS) is 11.1. The van der Waals surface area contributed by atoms with E-state index in [9.17, 15) is 9.59 Å². The molecule has 2 aromatic heterocycles. The Balaban J connectivity index is 1.38. The number of carbonyl (C=O) groups excluding carboxylic acids is 2. The molecule has 0 spiro atoms. The van der Waals surface area contributed by atoms with Crippen molar-refractivity contribution in [2.75, 3.05) is 6.61 Å². The molecule has 0 fully saturated rings. The Morgan fingerprint density at radius 3 is 2.52 bits per heavy atom. The van der Waals surface area contributed by atoms with Gasteiger partial charge in [0.1, 0.15) is 0 Å². The standard InChI is InChI=1S/C26H26N2O3/c1-17-8-11-21(12-9-17)28-18(2)14-23(19(28)3)25(29)16-31-26(30)13-10-20-15-27-24-7-5-4-6-22(20)24/h4-9,11-12,14-15,27H,10,13,16H2,1-3H3. The van der Waals surface area contributed by atoms with Crippen LogP contribution in [0.2, 0.25) is 0 Å². The van der Waals surface area contributed by atoms with Crippen LogP contribution in [0.5, 0.6) is 0 Å². The molecule has 0 unspecified atom stereocenters. The number of H-pyrrole nitrogens is 1. The van der Waals surface area contributed by atoms with E-state index in [1.807, 2.05) is 86.1 Å². The summed E-state index contributed by atoms with van der Waals surface area (Å²) in [6.45, 7) is 5.68. The van der Waals surface area contributed by atoms with Crippen LogP contribution >= 0.6 is 0 Å². The van der Waals surface area contributed by atoms with E-state index in [0.717, 1.165) is 33.5 Å². The number of hydrogen-bond donors (Lipinski definition) is 1. The Hall–Kier alpha value is -3.60. The predicted molar refractivity (Wildman–Crippen MR) is 122 cm³/mol. The third-order valence-electron chi connectivity index (χ3n) is 5.66. The number of para-hydroxylation sites is 1. The number of ether oxygens (including phenoxy) is 1. The number of esters is 1. The van der Waals surface area contributed by atoms with Gasteiger partial charge in [0.2, 0.25) is 5.78 Å². The lowest BCUT2D eigenvalue weighted by atomic mass is 10.1. The summed E-state index contributed by atoms with van der Waals surface area (Å²) in [5.41, 5.74) is 6.71. The van der Waals surface area contributed by atoms with E-state index in [4.69, 9.17) is 4.74 Å². The summed E-state index contributed by atoms with van der Waals surface area (Å²) in [6.07, 6.45) is 2.72. The Morgan fingerprint density at radius 1 is 1.00 bits per heavy atom. The number of benzene rings is 2. The quantitative estimate of drug-likeness (QED) is 0.332. The summed E-state index contributed by atoms with van der Waals surface area (Å²) in [6, 6.07) is 18.0. The lowest BCUT2D eigenvalue weighted by Gasteiger charge is -2.10. The molecule has 5 nitrogen and oxygen atoms in total. The van der Waals surface area contributed by atoms with Crippen molar-refractivity contribution in [3.05, 3.63) is 88.9 Å². The average molecular weight is 415 g/mol. The highest BCUT2D eigenvalue weighted by molar-refractivity contribution is 5.99. The molecule has 0 saturated heterocycles. The van der Waals surface area contributed by atoms with Crippen LogP contribution in [0.3, 0.4) is 0 Å². The lowest BCUT2D eigenvalue weighted by molar-refractivity contribution is -0.142. The first kappa shape index (κ1) is 20.7. The molecule has 5 heteroatoms. The van der Waals surface area contributed by atoms with E-state index in [2.05, 4.69) is 4.98 Å². The molecule has 4 aromatic rings. The largest absolute Gasteiger partial charge is 0.457 e. The number of fused-ring (bicyclic) bond motifs is 1. The second kappa shape index (κ2) is 8.64. The number of hydrogen-bond acceptors (Lipinski definition) is 3. The zero-order valence-electron chi connectivity index (χ0n) is 18.1. The van der Waals surface area contributed by atoms with Crippen molar-refractivity contribution in [2.45, 2.75) is 33.6 Å². The van der Waals surface area contributed by atoms with Gasteiger partial charge in [-0.1, -0.05) is 35.9 Å². The molecule has 31 heavy (non-hydrogen) atoms. The first-order chi connectivity index (χ1) is 14.9. The monoisotopic (exact) mass is 414 g/mol. The number of rotatable bonds is 7. The van der Waals surface area contributed by atoms with Gasteiger partial charge in [0.25, 0.3) is 0 Å². The van der Waals surface area contributed by atoms with Crippen molar-refractivity contribution < 1.29 is 14.3 Å². The van der Waals surface area contributed by atoms with Crippen molar-refractivity contribution in [2.24, 2.45) is 0 Å². The third-order valence-corrected chi connectivity index (χ3v) is 5.66. The van der Waals surface area contributed by atoms with Gasteiger partial charge in [-0.25, -0.2) is 0 Å². The molecule has 0 aliphatic rings. The molecule has 2 aromatic carbocycles. The van der Waals surface area contributed by atoms with Crippen LogP contribution in [0.25, 0.3) is 16.6 Å². The number of aromatic nitrogens is 2. The molecule has 0 saturated carbocycles. The van der Waals surface area contributed by atoms with E-state index < -0.39 is 0 Å². The van der Waals surface area contributed by atoms with Gasteiger partial charge < -0.3 is 14.3 Å². The minimum atomic E-state index is -0.369. The van der Waals surface area contributed by atoms with E-state index in [0.29, 0.717) is 12.0 Å². The van der Waals surface area contributed by atoms with E-state index in [1.165, 1.54) is 5.56 Å². The first-order valence-corrected chi connectivity index (χ1v) is 10.4. The highest BCUT2D eigenvalue weighted by atomic mass is 16.5. The van der Waals surface area contributed by atoms with Gasteiger partial charge in [0.15, 0.2) is 6.61 Å². The number of aryl methyl sites for hydroxylation is 3. The Kier molecular flexibility index (Phi) is 5.76. The van der Waals surface area contributed by atoms with Gasteiger partial charge in [-0.05, 0) is 57.0 Å². The van der Waals surface area contributed by atoms with Gasteiger partial charge in [-0.15, -0.1) is 0 Å². The van der Waals surface area contributed by atoms with Crippen molar-refractivity contribution >= 4 is 22.7 Å². The number of Topliss-reactive ketones (excluding diaryl/α,β-unsaturated/α-hetero) is 1. The third kappa shape index (κ3) is 4.31. The maximum absolute atomic E-state index is 12.7. The van der Waals surface area contributed by atoms with Crippen LogP contribution in [0, 0.1) is 20.8 Å². The zero-order chi connectivity index (χ0) is 22.0. The molecule has 0 atom stereocenters. The van der Waals surface area contributed by atoms with Crippen LogP contribution in [0.1, 0.15) is 39.3 Å².